The molecule has 2 heterocycles. The Labute approximate surface area is 147 Å². The molecule has 0 atom stereocenters. The van der Waals surface area contributed by atoms with Gasteiger partial charge in [-0.3, -0.25) is 5.10 Å². The Hall–Kier alpha value is -3.06. The number of hydrogen-bond donors (Lipinski definition) is 2. The van der Waals surface area contributed by atoms with Crippen molar-refractivity contribution in [3.05, 3.63) is 70.9 Å². The van der Waals surface area contributed by atoms with Crippen LogP contribution in [0.4, 0.5) is 10.1 Å². The summed E-state index contributed by atoms with van der Waals surface area (Å²) in [5.74, 6) is 0.810. The van der Waals surface area contributed by atoms with Gasteiger partial charge in [0, 0.05) is 22.2 Å². The molecule has 2 aromatic carbocycles. The first-order valence-electron chi connectivity index (χ1n) is 7.68. The topological polar surface area (TPSA) is 66.5 Å². The third-order valence-electron chi connectivity index (χ3n) is 3.68. The van der Waals surface area contributed by atoms with Crippen molar-refractivity contribution < 1.29 is 4.39 Å². The van der Waals surface area contributed by atoms with Gasteiger partial charge in [0.1, 0.15) is 5.82 Å². The lowest BCUT2D eigenvalue weighted by Crippen LogP contribution is -1.99. The highest BCUT2D eigenvalue weighted by Gasteiger charge is 2.08. The second kappa shape index (κ2) is 6.82. The number of nitrogens with zero attached hydrogens (tertiary/aromatic N) is 3. The zero-order chi connectivity index (χ0) is 17.1. The van der Waals surface area contributed by atoms with E-state index in [1.54, 1.807) is 23.5 Å². The molecule has 4 aromatic rings. The predicted octanol–water partition coefficient (Wildman–Crippen LogP) is 4.35. The molecule has 0 aliphatic carbocycles. The minimum absolute atomic E-state index is 0.306. The van der Waals surface area contributed by atoms with Gasteiger partial charge in [-0.05, 0) is 36.4 Å². The van der Waals surface area contributed by atoms with Crippen molar-refractivity contribution >= 4 is 17.0 Å². The number of nitrogens with one attached hydrogen (secondary N) is 2. The largest absolute Gasteiger partial charge is 0.379 e. The van der Waals surface area contributed by atoms with Crippen molar-refractivity contribution in [3.8, 4) is 22.8 Å². The average molecular weight is 351 g/mol. The summed E-state index contributed by atoms with van der Waals surface area (Å²) in [7, 11) is 0. The normalized spacial score (nSPS) is 10.8. The molecule has 0 aliphatic heterocycles. The van der Waals surface area contributed by atoms with Gasteiger partial charge < -0.3 is 5.32 Å². The van der Waals surface area contributed by atoms with Crippen molar-refractivity contribution in [1.29, 1.82) is 0 Å². The van der Waals surface area contributed by atoms with Crippen LogP contribution in [-0.4, -0.2) is 20.2 Å². The minimum atomic E-state index is -0.306. The van der Waals surface area contributed by atoms with E-state index in [4.69, 9.17) is 0 Å². The fourth-order valence-corrected chi connectivity index (χ4v) is 2.97. The maximum Gasteiger partial charge on any atom is 0.181 e. The molecular weight excluding hydrogens is 337 g/mol. The molecule has 4 rings (SSSR count). The molecule has 2 N–H and O–H groups in total. The Balaban J connectivity index is 1.49. The van der Waals surface area contributed by atoms with Gasteiger partial charge in [0.15, 0.2) is 11.6 Å². The number of H-pyrrole nitrogens is 1. The summed E-state index contributed by atoms with van der Waals surface area (Å²) in [5.41, 5.74) is 5.39. The number of thiazole rings is 1. The van der Waals surface area contributed by atoms with Crippen LogP contribution in [0.25, 0.3) is 22.8 Å². The lowest BCUT2D eigenvalue weighted by Gasteiger charge is -2.05. The second-order valence-corrected chi connectivity index (χ2v) is 6.15. The first-order chi connectivity index (χ1) is 12.3. The van der Waals surface area contributed by atoms with E-state index in [1.165, 1.54) is 12.1 Å². The molecule has 0 amide bonds. The third-order valence-corrected chi connectivity index (χ3v) is 4.32. The summed E-state index contributed by atoms with van der Waals surface area (Å²) < 4.78 is 13.3. The third kappa shape index (κ3) is 3.56. The molecule has 0 radical (unpaired) electrons. The molecule has 0 saturated carbocycles. The lowest BCUT2D eigenvalue weighted by atomic mass is 10.2. The Morgan fingerprint density at radius 2 is 1.96 bits per heavy atom. The monoisotopic (exact) mass is 351 g/mol. The number of aromatic nitrogens is 4. The summed E-state index contributed by atoms with van der Waals surface area (Å²) >= 11 is 1.58. The Bertz CT molecular complexity index is 963. The van der Waals surface area contributed by atoms with Crippen molar-refractivity contribution in [3.63, 3.8) is 0 Å². The van der Waals surface area contributed by atoms with Crippen LogP contribution in [0.3, 0.4) is 0 Å². The minimum Gasteiger partial charge on any atom is -0.379 e. The highest BCUT2D eigenvalue weighted by atomic mass is 32.1. The van der Waals surface area contributed by atoms with Crippen LogP contribution < -0.4 is 5.32 Å². The summed E-state index contributed by atoms with van der Waals surface area (Å²) in [6.07, 6.45) is 0. The first-order valence-corrected chi connectivity index (χ1v) is 8.62. The van der Waals surface area contributed by atoms with Gasteiger partial charge in [-0.2, -0.15) is 5.10 Å². The zero-order valence-corrected chi connectivity index (χ0v) is 13.9. The van der Waals surface area contributed by atoms with Crippen molar-refractivity contribution in [2.45, 2.75) is 6.54 Å². The van der Waals surface area contributed by atoms with Crippen molar-refractivity contribution in [2.24, 2.45) is 0 Å². The van der Waals surface area contributed by atoms with Gasteiger partial charge in [0.25, 0.3) is 0 Å². The molecule has 0 unspecified atom stereocenters. The Kier molecular flexibility index (Phi) is 4.22. The molecule has 0 fully saturated rings. The number of halogens is 1. The number of benzene rings is 2. The summed E-state index contributed by atoms with van der Waals surface area (Å²) in [6.45, 7) is 0.689. The quantitative estimate of drug-likeness (QED) is 0.561. The molecule has 7 heteroatoms. The van der Waals surface area contributed by atoms with Gasteiger partial charge in [-0.25, -0.2) is 14.4 Å². The van der Waals surface area contributed by atoms with E-state index >= 15 is 0 Å². The SMILES string of the molecule is Fc1cccc(-c2n[nH]c(-c3ccc(NCc4cscn4)cc3)n2)c1. The Morgan fingerprint density at radius 1 is 1.08 bits per heavy atom. The van der Waals surface area contributed by atoms with Crippen molar-refractivity contribution in [2.75, 3.05) is 5.32 Å². The average Bonchev–Trinajstić information content (AvgIpc) is 3.32. The highest BCUT2D eigenvalue weighted by Crippen LogP contribution is 2.22. The van der Waals surface area contributed by atoms with E-state index in [0.29, 0.717) is 23.8 Å². The molecule has 0 aliphatic rings. The number of rotatable bonds is 5. The molecule has 124 valence electrons. The standard InChI is InChI=1S/C18H14FN5S/c19-14-3-1-2-13(8-14)18-22-17(23-24-18)12-4-6-15(7-5-12)20-9-16-10-25-11-21-16/h1-8,10-11,20H,9H2,(H,22,23,24). The van der Waals surface area contributed by atoms with Crippen LogP contribution in [0, 0.1) is 5.82 Å². The van der Waals surface area contributed by atoms with Crippen LogP contribution in [0.15, 0.2) is 59.4 Å². The van der Waals surface area contributed by atoms with Crippen LogP contribution in [0.5, 0.6) is 0 Å². The first kappa shape index (κ1) is 15.5. The van der Waals surface area contributed by atoms with Crippen LogP contribution >= 0.6 is 11.3 Å². The summed E-state index contributed by atoms with van der Waals surface area (Å²) in [6, 6.07) is 14.1. The van der Waals surface area contributed by atoms with E-state index in [2.05, 4.69) is 25.5 Å². The number of hydrogen-bond acceptors (Lipinski definition) is 5. The maximum absolute atomic E-state index is 13.3. The molecule has 25 heavy (non-hydrogen) atoms. The highest BCUT2D eigenvalue weighted by molar-refractivity contribution is 7.07. The summed E-state index contributed by atoms with van der Waals surface area (Å²) in [4.78, 5) is 8.69. The predicted molar refractivity (Wildman–Crippen MR) is 96.7 cm³/mol. The van der Waals surface area contributed by atoms with Gasteiger partial charge in [0.05, 0.1) is 17.7 Å². The van der Waals surface area contributed by atoms with E-state index in [-0.39, 0.29) is 5.82 Å². The van der Waals surface area contributed by atoms with Crippen LogP contribution in [0.2, 0.25) is 0 Å². The van der Waals surface area contributed by atoms with Crippen LogP contribution in [-0.2, 0) is 6.54 Å². The fourth-order valence-electron chi connectivity index (χ4n) is 2.41. The lowest BCUT2D eigenvalue weighted by molar-refractivity contribution is 0.628. The second-order valence-electron chi connectivity index (χ2n) is 5.43. The number of anilines is 1. The molecular formula is C18H14FN5S. The Morgan fingerprint density at radius 3 is 2.72 bits per heavy atom. The van der Waals surface area contributed by atoms with E-state index in [9.17, 15) is 4.39 Å². The van der Waals surface area contributed by atoms with Crippen LogP contribution in [0.1, 0.15) is 5.69 Å². The van der Waals surface area contributed by atoms with Gasteiger partial charge >= 0.3 is 0 Å². The van der Waals surface area contributed by atoms with Gasteiger partial charge in [0.2, 0.25) is 0 Å². The number of aromatic amines is 1. The van der Waals surface area contributed by atoms with E-state index in [1.807, 2.05) is 35.2 Å². The summed E-state index contributed by atoms with van der Waals surface area (Å²) in [5, 5.41) is 12.4. The zero-order valence-electron chi connectivity index (χ0n) is 13.1. The van der Waals surface area contributed by atoms with Crippen molar-refractivity contribution in [1.82, 2.24) is 20.2 Å². The van der Waals surface area contributed by atoms with E-state index < -0.39 is 0 Å². The van der Waals surface area contributed by atoms with E-state index in [0.717, 1.165) is 16.9 Å². The molecule has 0 saturated heterocycles. The van der Waals surface area contributed by atoms with Gasteiger partial charge in [-0.1, -0.05) is 12.1 Å². The molecule has 2 aromatic heterocycles. The molecule has 0 spiro atoms. The molecule has 5 nitrogen and oxygen atoms in total. The maximum atomic E-state index is 13.3. The smallest absolute Gasteiger partial charge is 0.181 e. The fraction of sp³-hybridized carbons (Fsp3) is 0.0556. The van der Waals surface area contributed by atoms with Gasteiger partial charge in [-0.15, -0.1) is 11.3 Å². The molecule has 0 bridgehead atoms.